The largest absolute Gasteiger partial charge is 0.478 e. The fraction of sp³-hybridized carbons (Fsp3) is 0.400. The Morgan fingerprint density at radius 1 is 1.69 bits per heavy atom. The molecule has 1 atom stereocenters. The third-order valence-electron chi connectivity index (χ3n) is 2.45. The second kappa shape index (κ2) is 4.61. The maximum absolute atomic E-state index is 10.9. The van der Waals surface area contributed by atoms with Crippen molar-refractivity contribution in [3.05, 3.63) is 17.8 Å². The first kappa shape index (κ1) is 11.1. The van der Waals surface area contributed by atoms with E-state index < -0.39 is 5.97 Å². The molecular formula is C10H13N3O2S. The van der Waals surface area contributed by atoms with Crippen molar-refractivity contribution in [1.82, 2.24) is 4.98 Å². The van der Waals surface area contributed by atoms with Crippen LogP contribution >= 0.6 is 11.8 Å². The number of rotatable bonds is 3. The summed E-state index contributed by atoms with van der Waals surface area (Å²) in [5, 5.41) is 12.1. The molecule has 2 rings (SSSR count). The summed E-state index contributed by atoms with van der Waals surface area (Å²) in [6.07, 6.45) is 2.47. The van der Waals surface area contributed by atoms with E-state index in [0.29, 0.717) is 11.9 Å². The van der Waals surface area contributed by atoms with Crippen molar-refractivity contribution in [2.75, 3.05) is 22.6 Å². The van der Waals surface area contributed by atoms with E-state index in [9.17, 15) is 4.79 Å². The van der Waals surface area contributed by atoms with E-state index in [-0.39, 0.29) is 11.3 Å². The van der Waals surface area contributed by atoms with Gasteiger partial charge in [0.1, 0.15) is 5.82 Å². The molecule has 0 spiro atoms. The molecular weight excluding hydrogens is 226 g/mol. The minimum Gasteiger partial charge on any atom is -0.478 e. The quantitative estimate of drug-likeness (QED) is 0.736. The van der Waals surface area contributed by atoms with Crippen molar-refractivity contribution in [2.24, 2.45) is 0 Å². The summed E-state index contributed by atoms with van der Waals surface area (Å²) < 4.78 is 0. The third kappa shape index (κ3) is 2.38. The van der Waals surface area contributed by atoms with Gasteiger partial charge >= 0.3 is 5.97 Å². The molecule has 1 saturated heterocycles. The number of nitrogens with zero attached hydrogens (tertiary/aromatic N) is 1. The predicted molar refractivity (Wildman–Crippen MR) is 65.0 cm³/mol. The number of carboxylic acids is 1. The molecule has 0 aliphatic carbocycles. The number of nitrogens with two attached hydrogens (primary N) is 1. The molecule has 5 nitrogen and oxygen atoms in total. The Balaban J connectivity index is 2.15. The van der Waals surface area contributed by atoms with Gasteiger partial charge in [-0.2, -0.15) is 11.8 Å². The lowest BCUT2D eigenvalue weighted by Crippen LogP contribution is -2.19. The first-order chi connectivity index (χ1) is 7.66. The van der Waals surface area contributed by atoms with Gasteiger partial charge in [0.25, 0.3) is 0 Å². The van der Waals surface area contributed by atoms with Crippen molar-refractivity contribution in [3.8, 4) is 0 Å². The van der Waals surface area contributed by atoms with Crippen LogP contribution in [-0.4, -0.2) is 33.6 Å². The van der Waals surface area contributed by atoms with Crippen LogP contribution in [0.1, 0.15) is 16.8 Å². The Morgan fingerprint density at radius 3 is 3.12 bits per heavy atom. The number of thioether (sulfide) groups is 1. The standard InChI is InChI=1S/C10H13N3O2S/c11-8-4-12-9(3-7(8)10(14)15)13-6-1-2-16-5-6/h3-4,6H,1-2,5,11H2,(H,12,13)(H,14,15). The number of carboxylic acid groups (broad SMARTS) is 1. The second-order valence-electron chi connectivity index (χ2n) is 3.67. The Morgan fingerprint density at radius 2 is 2.50 bits per heavy atom. The summed E-state index contributed by atoms with van der Waals surface area (Å²) in [6.45, 7) is 0. The molecule has 1 fully saturated rings. The smallest absolute Gasteiger partial charge is 0.337 e. The normalized spacial score (nSPS) is 19.6. The maximum Gasteiger partial charge on any atom is 0.337 e. The van der Waals surface area contributed by atoms with Gasteiger partial charge in [0.05, 0.1) is 17.4 Å². The van der Waals surface area contributed by atoms with E-state index >= 15 is 0 Å². The number of hydrogen-bond donors (Lipinski definition) is 3. The van der Waals surface area contributed by atoms with Gasteiger partial charge in [0, 0.05) is 11.8 Å². The molecule has 16 heavy (non-hydrogen) atoms. The van der Waals surface area contributed by atoms with Gasteiger partial charge in [-0.25, -0.2) is 9.78 Å². The van der Waals surface area contributed by atoms with Crippen LogP contribution in [0.4, 0.5) is 11.5 Å². The van der Waals surface area contributed by atoms with Crippen LogP contribution in [0.15, 0.2) is 12.3 Å². The lowest BCUT2D eigenvalue weighted by molar-refractivity contribution is 0.0698. The van der Waals surface area contributed by atoms with E-state index in [1.165, 1.54) is 12.3 Å². The van der Waals surface area contributed by atoms with Crippen molar-refractivity contribution in [1.29, 1.82) is 0 Å². The van der Waals surface area contributed by atoms with Gasteiger partial charge in [0.2, 0.25) is 0 Å². The molecule has 6 heteroatoms. The summed E-state index contributed by atoms with van der Waals surface area (Å²) >= 11 is 1.88. The highest BCUT2D eigenvalue weighted by Gasteiger charge is 2.16. The number of aromatic carboxylic acids is 1. The average Bonchev–Trinajstić information content (AvgIpc) is 2.73. The van der Waals surface area contributed by atoms with Crippen molar-refractivity contribution in [3.63, 3.8) is 0 Å². The molecule has 0 amide bonds. The zero-order valence-electron chi connectivity index (χ0n) is 8.64. The van der Waals surface area contributed by atoms with Crippen molar-refractivity contribution in [2.45, 2.75) is 12.5 Å². The van der Waals surface area contributed by atoms with Crippen LogP contribution < -0.4 is 11.1 Å². The fourth-order valence-corrected chi connectivity index (χ4v) is 2.74. The van der Waals surface area contributed by atoms with Gasteiger partial charge in [-0.15, -0.1) is 0 Å². The van der Waals surface area contributed by atoms with Crippen LogP contribution in [0.2, 0.25) is 0 Å². The Hall–Kier alpha value is -1.43. The van der Waals surface area contributed by atoms with Crippen LogP contribution in [0.3, 0.4) is 0 Å². The summed E-state index contributed by atoms with van der Waals surface area (Å²) in [5.41, 5.74) is 5.82. The van der Waals surface area contributed by atoms with Gasteiger partial charge in [-0.05, 0) is 18.2 Å². The summed E-state index contributed by atoms with van der Waals surface area (Å²) in [6, 6.07) is 1.86. The molecule has 0 bridgehead atoms. The van der Waals surface area contributed by atoms with Crippen molar-refractivity contribution >= 4 is 29.2 Å². The summed E-state index contributed by atoms with van der Waals surface area (Å²) in [5.74, 6) is 1.73. The van der Waals surface area contributed by atoms with Crippen LogP contribution in [0.5, 0.6) is 0 Å². The Kier molecular flexibility index (Phi) is 3.19. The lowest BCUT2D eigenvalue weighted by atomic mass is 10.2. The van der Waals surface area contributed by atoms with Gasteiger partial charge in [-0.3, -0.25) is 0 Å². The summed E-state index contributed by atoms with van der Waals surface area (Å²) in [4.78, 5) is 14.9. The van der Waals surface area contributed by atoms with E-state index in [1.54, 1.807) is 0 Å². The van der Waals surface area contributed by atoms with Crippen LogP contribution in [0, 0.1) is 0 Å². The van der Waals surface area contributed by atoms with E-state index in [1.807, 2.05) is 11.8 Å². The molecule has 2 heterocycles. The van der Waals surface area contributed by atoms with Gasteiger partial charge < -0.3 is 16.2 Å². The number of carbonyl (C=O) groups is 1. The fourth-order valence-electron chi connectivity index (χ4n) is 1.59. The highest BCUT2D eigenvalue weighted by molar-refractivity contribution is 7.99. The molecule has 1 aromatic heterocycles. The number of hydrogen-bond acceptors (Lipinski definition) is 5. The number of pyridine rings is 1. The number of nitrogens with one attached hydrogen (secondary N) is 1. The third-order valence-corrected chi connectivity index (χ3v) is 3.61. The first-order valence-electron chi connectivity index (χ1n) is 5.00. The lowest BCUT2D eigenvalue weighted by Gasteiger charge is -2.12. The van der Waals surface area contributed by atoms with Crippen LogP contribution in [0.25, 0.3) is 0 Å². The summed E-state index contributed by atoms with van der Waals surface area (Å²) in [7, 11) is 0. The maximum atomic E-state index is 10.9. The zero-order chi connectivity index (χ0) is 11.5. The predicted octanol–water partition coefficient (Wildman–Crippen LogP) is 1.28. The molecule has 86 valence electrons. The molecule has 0 saturated carbocycles. The number of aromatic nitrogens is 1. The minimum atomic E-state index is -1.02. The van der Waals surface area contributed by atoms with Gasteiger partial charge in [-0.1, -0.05) is 0 Å². The minimum absolute atomic E-state index is 0.100. The van der Waals surface area contributed by atoms with E-state index in [4.69, 9.17) is 10.8 Å². The average molecular weight is 239 g/mol. The number of anilines is 2. The molecule has 1 aliphatic rings. The van der Waals surface area contributed by atoms with Crippen LogP contribution in [-0.2, 0) is 0 Å². The highest BCUT2D eigenvalue weighted by Crippen LogP contribution is 2.22. The molecule has 0 aromatic carbocycles. The molecule has 1 aliphatic heterocycles. The number of nitrogen functional groups attached to an aromatic ring is 1. The SMILES string of the molecule is Nc1cnc(NC2CCSC2)cc1C(=O)O. The topological polar surface area (TPSA) is 88.2 Å². The molecule has 0 radical (unpaired) electrons. The molecule has 4 N–H and O–H groups in total. The highest BCUT2D eigenvalue weighted by atomic mass is 32.2. The van der Waals surface area contributed by atoms with E-state index in [2.05, 4.69) is 10.3 Å². The Labute approximate surface area is 97.4 Å². The molecule has 1 aromatic rings. The zero-order valence-corrected chi connectivity index (χ0v) is 9.46. The first-order valence-corrected chi connectivity index (χ1v) is 6.15. The van der Waals surface area contributed by atoms with Crippen molar-refractivity contribution < 1.29 is 9.90 Å². The Bertz CT molecular complexity index is 405. The monoisotopic (exact) mass is 239 g/mol. The van der Waals surface area contributed by atoms with E-state index in [0.717, 1.165) is 17.9 Å². The van der Waals surface area contributed by atoms with Gasteiger partial charge in [0.15, 0.2) is 0 Å². The molecule has 1 unspecified atom stereocenters. The second-order valence-corrected chi connectivity index (χ2v) is 4.82.